The van der Waals surface area contributed by atoms with Gasteiger partial charge in [-0.05, 0) is 18.4 Å². The standard InChI is InChI=1S/C17H25NO/c1-5-17(19)18(12-14(2)3)13-15(4)11-16-9-7-6-8-10-16/h6-11,14H,5,12-13H2,1-4H3/b15-11+. The van der Waals surface area contributed by atoms with Crippen molar-refractivity contribution in [1.29, 1.82) is 0 Å². The predicted molar refractivity (Wildman–Crippen MR) is 81.8 cm³/mol. The summed E-state index contributed by atoms with van der Waals surface area (Å²) in [5, 5.41) is 0. The van der Waals surface area contributed by atoms with Crippen LogP contribution in [-0.4, -0.2) is 23.9 Å². The van der Waals surface area contributed by atoms with Gasteiger partial charge in [-0.3, -0.25) is 4.79 Å². The molecule has 0 aliphatic heterocycles. The molecular formula is C17H25NO. The van der Waals surface area contributed by atoms with Crippen LogP contribution in [0.5, 0.6) is 0 Å². The van der Waals surface area contributed by atoms with E-state index in [-0.39, 0.29) is 5.91 Å². The maximum Gasteiger partial charge on any atom is 0.222 e. The maximum absolute atomic E-state index is 11.9. The van der Waals surface area contributed by atoms with Crippen molar-refractivity contribution >= 4 is 12.0 Å². The quantitative estimate of drug-likeness (QED) is 0.756. The van der Waals surface area contributed by atoms with Crippen LogP contribution in [0.3, 0.4) is 0 Å². The molecule has 0 atom stereocenters. The molecule has 0 aromatic heterocycles. The summed E-state index contributed by atoms with van der Waals surface area (Å²) in [6, 6.07) is 10.2. The van der Waals surface area contributed by atoms with Crippen molar-refractivity contribution in [3.8, 4) is 0 Å². The van der Waals surface area contributed by atoms with E-state index in [2.05, 4.69) is 39.0 Å². The van der Waals surface area contributed by atoms with Gasteiger partial charge >= 0.3 is 0 Å². The summed E-state index contributed by atoms with van der Waals surface area (Å²) >= 11 is 0. The molecule has 2 nitrogen and oxygen atoms in total. The van der Waals surface area contributed by atoms with Gasteiger partial charge in [0, 0.05) is 19.5 Å². The molecule has 0 spiro atoms. The third kappa shape index (κ3) is 5.73. The smallest absolute Gasteiger partial charge is 0.222 e. The molecule has 1 amide bonds. The molecule has 0 saturated heterocycles. The fourth-order valence-electron chi connectivity index (χ4n) is 2.10. The second kappa shape index (κ2) is 7.78. The van der Waals surface area contributed by atoms with E-state index in [1.807, 2.05) is 30.0 Å². The maximum atomic E-state index is 11.9. The molecule has 0 bridgehead atoms. The van der Waals surface area contributed by atoms with E-state index >= 15 is 0 Å². The summed E-state index contributed by atoms with van der Waals surface area (Å²) in [6.45, 7) is 9.85. The monoisotopic (exact) mass is 259 g/mol. The van der Waals surface area contributed by atoms with Crippen LogP contribution in [0.15, 0.2) is 35.9 Å². The average Bonchev–Trinajstić information content (AvgIpc) is 2.37. The van der Waals surface area contributed by atoms with Crippen LogP contribution in [0.25, 0.3) is 6.08 Å². The lowest BCUT2D eigenvalue weighted by Gasteiger charge is -2.24. The van der Waals surface area contributed by atoms with Crippen molar-refractivity contribution < 1.29 is 4.79 Å². The third-order valence-electron chi connectivity index (χ3n) is 2.89. The SMILES string of the molecule is CCC(=O)N(C/C(C)=C/c1ccccc1)CC(C)C. The molecule has 0 aliphatic rings. The Bertz CT molecular complexity index is 420. The summed E-state index contributed by atoms with van der Waals surface area (Å²) in [5.41, 5.74) is 2.40. The van der Waals surface area contributed by atoms with E-state index in [9.17, 15) is 4.79 Å². The molecule has 0 heterocycles. The molecule has 0 N–H and O–H groups in total. The zero-order valence-electron chi connectivity index (χ0n) is 12.5. The molecule has 0 fully saturated rings. The van der Waals surface area contributed by atoms with Gasteiger partial charge in [-0.15, -0.1) is 0 Å². The highest BCUT2D eigenvalue weighted by molar-refractivity contribution is 5.76. The van der Waals surface area contributed by atoms with Gasteiger partial charge in [-0.25, -0.2) is 0 Å². The molecule has 1 aromatic carbocycles. The molecule has 0 radical (unpaired) electrons. The second-order valence-corrected chi connectivity index (χ2v) is 5.42. The number of hydrogen-bond donors (Lipinski definition) is 0. The van der Waals surface area contributed by atoms with Crippen LogP contribution < -0.4 is 0 Å². The lowest BCUT2D eigenvalue weighted by molar-refractivity contribution is -0.130. The normalized spacial score (nSPS) is 11.7. The lowest BCUT2D eigenvalue weighted by Crippen LogP contribution is -2.34. The number of carbonyl (C=O) groups is 1. The van der Waals surface area contributed by atoms with E-state index in [1.54, 1.807) is 0 Å². The van der Waals surface area contributed by atoms with E-state index in [1.165, 1.54) is 11.1 Å². The first kappa shape index (κ1) is 15.5. The number of nitrogens with zero attached hydrogens (tertiary/aromatic N) is 1. The summed E-state index contributed by atoms with van der Waals surface area (Å²) in [7, 11) is 0. The lowest BCUT2D eigenvalue weighted by atomic mass is 10.1. The molecule has 1 rings (SSSR count). The Morgan fingerprint density at radius 2 is 1.89 bits per heavy atom. The third-order valence-corrected chi connectivity index (χ3v) is 2.89. The van der Waals surface area contributed by atoms with Crippen LogP contribution in [0, 0.1) is 5.92 Å². The van der Waals surface area contributed by atoms with Crippen molar-refractivity contribution in [2.24, 2.45) is 5.92 Å². The number of hydrogen-bond acceptors (Lipinski definition) is 1. The topological polar surface area (TPSA) is 20.3 Å². The summed E-state index contributed by atoms with van der Waals surface area (Å²) < 4.78 is 0. The van der Waals surface area contributed by atoms with Gasteiger partial charge in [0.25, 0.3) is 0 Å². The Kier molecular flexibility index (Phi) is 6.34. The molecule has 1 aromatic rings. The zero-order valence-corrected chi connectivity index (χ0v) is 12.5. The highest BCUT2D eigenvalue weighted by atomic mass is 16.2. The predicted octanol–water partition coefficient (Wildman–Crippen LogP) is 3.98. The fourth-order valence-corrected chi connectivity index (χ4v) is 2.10. The van der Waals surface area contributed by atoms with Crippen molar-refractivity contribution in [3.05, 3.63) is 41.5 Å². The van der Waals surface area contributed by atoms with Crippen LogP contribution in [-0.2, 0) is 4.79 Å². The van der Waals surface area contributed by atoms with E-state index in [0.717, 1.165) is 13.1 Å². The minimum absolute atomic E-state index is 0.231. The molecule has 19 heavy (non-hydrogen) atoms. The largest absolute Gasteiger partial charge is 0.338 e. The van der Waals surface area contributed by atoms with Gasteiger partial charge in [0.1, 0.15) is 0 Å². The van der Waals surface area contributed by atoms with Gasteiger partial charge in [0.2, 0.25) is 5.91 Å². The number of carbonyl (C=O) groups excluding carboxylic acids is 1. The van der Waals surface area contributed by atoms with Crippen LogP contribution in [0.2, 0.25) is 0 Å². The second-order valence-electron chi connectivity index (χ2n) is 5.42. The Labute approximate surface area is 117 Å². The van der Waals surface area contributed by atoms with Crippen molar-refractivity contribution in [1.82, 2.24) is 4.90 Å². The van der Waals surface area contributed by atoms with E-state index < -0.39 is 0 Å². The minimum atomic E-state index is 0.231. The Morgan fingerprint density at radius 3 is 2.42 bits per heavy atom. The first-order chi connectivity index (χ1) is 9.02. The highest BCUT2D eigenvalue weighted by Crippen LogP contribution is 2.10. The molecule has 0 unspecified atom stereocenters. The van der Waals surface area contributed by atoms with Gasteiger partial charge in [-0.2, -0.15) is 0 Å². The number of rotatable bonds is 6. The Morgan fingerprint density at radius 1 is 1.26 bits per heavy atom. The van der Waals surface area contributed by atoms with Gasteiger partial charge < -0.3 is 4.90 Å². The zero-order chi connectivity index (χ0) is 14.3. The first-order valence-electron chi connectivity index (χ1n) is 7.03. The van der Waals surface area contributed by atoms with E-state index in [4.69, 9.17) is 0 Å². The number of amides is 1. The summed E-state index contributed by atoms with van der Waals surface area (Å²) in [4.78, 5) is 13.9. The van der Waals surface area contributed by atoms with Crippen molar-refractivity contribution in [2.45, 2.75) is 34.1 Å². The van der Waals surface area contributed by atoms with Crippen LogP contribution in [0.1, 0.15) is 39.7 Å². The Balaban J connectivity index is 2.73. The molecule has 104 valence electrons. The minimum Gasteiger partial charge on any atom is -0.338 e. The highest BCUT2D eigenvalue weighted by Gasteiger charge is 2.13. The average molecular weight is 259 g/mol. The molecule has 0 saturated carbocycles. The van der Waals surface area contributed by atoms with Crippen molar-refractivity contribution in [3.63, 3.8) is 0 Å². The first-order valence-corrected chi connectivity index (χ1v) is 7.03. The fraction of sp³-hybridized carbons (Fsp3) is 0.471. The van der Waals surface area contributed by atoms with Crippen LogP contribution in [0.4, 0.5) is 0 Å². The van der Waals surface area contributed by atoms with Crippen molar-refractivity contribution in [2.75, 3.05) is 13.1 Å². The molecular weight excluding hydrogens is 234 g/mol. The number of benzene rings is 1. The summed E-state index contributed by atoms with van der Waals surface area (Å²) in [5.74, 6) is 0.731. The Hall–Kier alpha value is -1.57. The van der Waals surface area contributed by atoms with Crippen LogP contribution >= 0.6 is 0 Å². The van der Waals surface area contributed by atoms with Gasteiger partial charge in [0.15, 0.2) is 0 Å². The van der Waals surface area contributed by atoms with Gasteiger partial charge in [0.05, 0.1) is 0 Å². The molecule has 0 aliphatic carbocycles. The molecule has 2 heteroatoms. The summed E-state index contributed by atoms with van der Waals surface area (Å²) in [6.07, 6.45) is 2.72. The van der Waals surface area contributed by atoms with Gasteiger partial charge in [-0.1, -0.05) is 62.8 Å². The van der Waals surface area contributed by atoms with E-state index in [0.29, 0.717) is 12.3 Å².